The first-order chi connectivity index (χ1) is 15.3. The van der Waals surface area contributed by atoms with E-state index in [0.717, 1.165) is 22.0 Å². The number of hydrogen-bond donors (Lipinski definition) is 0. The summed E-state index contributed by atoms with van der Waals surface area (Å²) in [6.45, 7) is 0. The van der Waals surface area contributed by atoms with Crippen LogP contribution in [0.25, 0.3) is 11.4 Å². The highest BCUT2D eigenvalue weighted by molar-refractivity contribution is 7.98. The molecule has 0 fully saturated rings. The van der Waals surface area contributed by atoms with E-state index in [1.54, 1.807) is 36.9 Å². The summed E-state index contributed by atoms with van der Waals surface area (Å²) in [7, 11) is 3.23. The zero-order chi connectivity index (χ0) is 21.5. The van der Waals surface area contributed by atoms with Crippen molar-refractivity contribution in [1.29, 1.82) is 0 Å². The Morgan fingerprint density at radius 1 is 0.871 bits per heavy atom. The zero-order valence-electron chi connectivity index (χ0n) is 17.3. The highest BCUT2D eigenvalue weighted by Crippen LogP contribution is 2.28. The van der Waals surface area contributed by atoms with E-state index in [4.69, 9.17) is 14.6 Å². The lowest BCUT2D eigenvalue weighted by Crippen LogP contribution is -1.98. The molecule has 3 aromatic carbocycles. The molecule has 1 heterocycles. The Hall–Kier alpha value is -3.58. The molecule has 4 rings (SSSR count). The van der Waals surface area contributed by atoms with Crippen LogP contribution in [0.3, 0.4) is 0 Å². The van der Waals surface area contributed by atoms with E-state index in [-0.39, 0.29) is 0 Å². The molecule has 7 heteroatoms. The lowest BCUT2D eigenvalue weighted by Gasteiger charge is -2.08. The van der Waals surface area contributed by atoms with Crippen LogP contribution in [0.4, 0.5) is 0 Å². The highest BCUT2D eigenvalue weighted by Gasteiger charge is 2.14. The average molecular weight is 431 g/mol. The smallest absolute Gasteiger partial charge is 0.212 e. The van der Waals surface area contributed by atoms with Crippen molar-refractivity contribution in [3.63, 3.8) is 0 Å². The molecule has 0 atom stereocenters. The molecule has 31 heavy (non-hydrogen) atoms. The minimum atomic E-state index is 0.650. The van der Waals surface area contributed by atoms with Crippen LogP contribution in [0.1, 0.15) is 11.1 Å². The molecule has 0 bridgehead atoms. The third-order valence-electron chi connectivity index (χ3n) is 4.58. The molecule has 0 amide bonds. The Kier molecular flexibility index (Phi) is 6.64. The van der Waals surface area contributed by atoms with Gasteiger partial charge in [0.05, 0.1) is 20.4 Å². The summed E-state index contributed by atoms with van der Waals surface area (Å²) in [4.78, 5) is 0. The minimum Gasteiger partial charge on any atom is -0.493 e. The Labute approximate surface area is 185 Å². The van der Waals surface area contributed by atoms with E-state index in [1.807, 2.05) is 66.7 Å². The Balaban J connectivity index is 1.66. The van der Waals surface area contributed by atoms with Crippen LogP contribution in [0, 0.1) is 0 Å². The maximum absolute atomic E-state index is 5.40. The van der Waals surface area contributed by atoms with Crippen LogP contribution >= 0.6 is 11.8 Å². The molecule has 4 aromatic rings. The summed E-state index contributed by atoms with van der Waals surface area (Å²) in [6, 6.07) is 25.9. The first-order valence-electron chi connectivity index (χ1n) is 9.72. The molecular formula is C24H22N4O2S. The summed E-state index contributed by atoms with van der Waals surface area (Å²) in [5.74, 6) is 2.79. The van der Waals surface area contributed by atoms with Gasteiger partial charge in [0, 0.05) is 11.3 Å². The molecule has 0 spiro atoms. The normalized spacial score (nSPS) is 11.0. The van der Waals surface area contributed by atoms with E-state index in [1.165, 1.54) is 5.56 Å². The summed E-state index contributed by atoms with van der Waals surface area (Å²) in [5.41, 5.74) is 3.04. The highest BCUT2D eigenvalue weighted by atomic mass is 32.2. The molecule has 6 nitrogen and oxygen atoms in total. The largest absolute Gasteiger partial charge is 0.493 e. The molecule has 0 radical (unpaired) electrons. The molecule has 0 saturated heterocycles. The van der Waals surface area contributed by atoms with Gasteiger partial charge in [-0.15, -0.1) is 10.2 Å². The van der Waals surface area contributed by atoms with E-state index in [9.17, 15) is 0 Å². The first kappa shape index (κ1) is 20.7. The second-order valence-corrected chi connectivity index (χ2v) is 7.56. The molecule has 1 aromatic heterocycles. The van der Waals surface area contributed by atoms with Crippen molar-refractivity contribution in [3.05, 3.63) is 90.0 Å². The van der Waals surface area contributed by atoms with Crippen molar-refractivity contribution < 1.29 is 9.47 Å². The van der Waals surface area contributed by atoms with Crippen LogP contribution in [0.2, 0.25) is 0 Å². The molecule has 0 aliphatic rings. The topological polar surface area (TPSA) is 61.5 Å². The molecule has 0 unspecified atom stereocenters. The number of rotatable bonds is 8. The first-order valence-corrected chi connectivity index (χ1v) is 10.7. The Morgan fingerprint density at radius 3 is 2.29 bits per heavy atom. The van der Waals surface area contributed by atoms with Gasteiger partial charge in [0.2, 0.25) is 5.16 Å². The van der Waals surface area contributed by atoms with E-state index < -0.39 is 0 Å². The van der Waals surface area contributed by atoms with Crippen LogP contribution < -0.4 is 9.47 Å². The molecule has 0 N–H and O–H groups in total. The van der Waals surface area contributed by atoms with Gasteiger partial charge in [-0.25, -0.2) is 0 Å². The Morgan fingerprint density at radius 2 is 1.58 bits per heavy atom. The maximum atomic E-state index is 5.40. The lowest BCUT2D eigenvalue weighted by molar-refractivity contribution is 0.355. The third-order valence-corrected chi connectivity index (χ3v) is 5.58. The Bertz CT molecular complexity index is 1160. The number of nitrogens with zero attached hydrogens (tertiary/aromatic N) is 4. The average Bonchev–Trinajstić information content (AvgIpc) is 3.25. The SMILES string of the molecule is COc1ccc(C=Nn2c(SCc3ccccc3)nnc2-c2ccccc2)cc1OC. The number of thioether (sulfide) groups is 1. The van der Waals surface area contributed by atoms with Crippen LogP contribution in [-0.2, 0) is 5.75 Å². The number of benzene rings is 3. The van der Waals surface area contributed by atoms with Gasteiger partial charge < -0.3 is 9.47 Å². The molecular weight excluding hydrogens is 408 g/mol. The summed E-state index contributed by atoms with van der Waals surface area (Å²) >= 11 is 1.60. The van der Waals surface area contributed by atoms with E-state index in [2.05, 4.69) is 22.3 Å². The van der Waals surface area contributed by atoms with Gasteiger partial charge in [-0.1, -0.05) is 72.4 Å². The van der Waals surface area contributed by atoms with Crippen molar-refractivity contribution in [3.8, 4) is 22.9 Å². The van der Waals surface area contributed by atoms with Gasteiger partial charge in [-0.3, -0.25) is 0 Å². The molecule has 0 aliphatic heterocycles. The minimum absolute atomic E-state index is 0.650. The van der Waals surface area contributed by atoms with Gasteiger partial charge in [-0.05, 0) is 29.3 Å². The van der Waals surface area contributed by atoms with Crippen molar-refractivity contribution in [2.45, 2.75) is 10.9 Å². The maximum Gasteiger partial charge on any atom is 0.212 e. The molecule has 0 saturated carbocycles. The molecule has 156 valence electrons. The molecule has 0 aliphatic carbocycles. The van der Waals surface area contributed by atoms with Crippen molar-refractivity contribution in [1.82, 2.24) is 14.9 Å². The zero-order valence-corrected chi connectivity index (χ0v) is 18.1. The number of ether oxygens (including phenoxy) is 2. The quantitative estimate of drug-likeness (QED) is 0.286. The second-order valence-electron chi connectivity index (χ2n) is 6.62. The van der Waals surface area contributed by atoms with Crippen LogP contribution in [0.5, 0.6) is 11.5 Å². The predicted octanol–water partition coefficient (Wildman–Crippen LogP) is 5.14. The summed E-state index contributed by atoms with van der Waals surface area (Å²) in [6.07, 6.45) is 1.77. The summed E-state index contributed by atoms with van der Waals surface area (Å²) in [5, 5.41) is 14.2. The fourth-order valence-electron chi connectivity index (χ4n) is 3.01. The standard InChI is InChI=1S/C24H22N4O2S/c1-29-21-14-13-19(15-22(21)30-2)16-25-28-23(20-11-7-4-8-12-20)26-27-24(28)31-17-18-9-5-3-6-10-18/h3-16H,17H2,1-2H3. The van der Waals surface area contributed by atoms with Gasteiger partial charge in [0.25, 0.3) is 0 Å². The third kappa shape index (κ3) is 4.95. The van der Waals surface area contributed by atoms with Gasteiger partial charge in [-0.2, -0.15) is 9.78 Å². The number of hydrogen-bond acceptors (Lipinski definition) is 6. The second kappa shape index (κ2) is 9.95. The monoisotopic (exact) mass is 430 g/mol. The number of aromatic nitrogens is 3. The van der Waals surface area contributed by atoms with Crippen LogP contribution in [-0.4, -0.2) is 35.3 Å². The fourth-order valence-corrected chi connectivity index (χ4v) is 3.85. The van der Waals surface area contributed by atoms with Gasteiger partial charge >= 0.3 is 0 Å². The van der Waals surface area contributed by atoms with Crippen molar-refractivity contribution in [2.24, 2.45) is 5.10 Å². The van der Waals surface area contributed by atoms with Gasteiger partial charge in [0.15, 0.2) is 17.3 Å². The number of methoxy groups -OCH3 is 2. The lowest BCUT2D eigenvalue weighted by atomic mass is 10.2. The predicted molar refractivity (Wildman–Crippen MR) is 124 cm³/mol. The van der Waals surface area contributed by atoms with Crippen molar-refractivity contribution >= 4 is 18.0 Å². The van der Waals surface area contributed by atoms with E-state index in [0.29, 0.717) is 17.3 Å². The van der Waals surface area contributed by atoms with Crippen molar-refractivity contribution in [2.75, 3.05) is 14.2 Å². The van der Waals surface area contributed by atoms with E-state index >= 15 is 0 Å². The van der Waals surface area contributed by atoms with Crippen LogP contribution in [0.15, 0.2) is 89.1 Å². The summed E-state index contributed by atoms with van der Waals surface area (Å²) < 4.78 is 12.5. The fraction of sp³-hybridized carbons (Fsp3) is 0.125. The van der Waals surface area contributed by atoms with Gasteiger partial charge in [0.1, 0.15) is 0 Å².